The van der Waals surface area contributed by atoms with Crippen molar-refractivity contribution in [3.63, 3.8) is 0 Å². The van der Waals surface area contributed by atoms with Crippen LogP contribution in [0.1, 0.15) is 22.6 Å². The van der Waals surface area contributed by atoms with Crippen molar-refractivity contribution >= 4 is 27.9 Å². The van der Waals surface area contributed by atoms with Crippen molar-refractivity contribution in [2.45, 2.75) is 26.9 Å². The predicted octanol–water partition coefficient (Wildman–Crippen LogP) is 3.96. The van der Waals surface area contributed by atoms with Crippen molar-refractivity contribution in [1.82, 2.24) is 14.7 Å². The number of thiazole rings is 1. The van der Waals surface area contributed by atoms with Gasteiger partial charge in [-0.05, 0) is 25.5 Å². The van der Waals surface area contributed by atoms with Crippen molar-refractivity contribution in [3.8, 4) is 0 Å². The Labute approximate surface area is 127 Å². The number of aromatic nitrogens is 2. The zero-order valence-electron chi connectivity index (χ0n) is 11.5. The molecule has 2 heterocycles. The molecule has 3 aromatic rings. The van der Waals surface area contributed by atoms with Gasteiger partial charge in [0.15, 0.2) is 4.96 Å². The molecule has 5 heteroatoms. The van der Waals surface area contributed by atoms with Gasteiger partial charge in [-0.25, -0.2) is 4.98 Å². The maximum absolute atomic E-state index is 6.16. The third-order valence-electron chi connectivity index (χ3n) is 3.40. The van der Waals surface area contributed by atoms with Crippen molar-refractivity contribution in [1.29, 1.82) is 0 Å². The van der Waals surface area contributed by atoms with Crippen molar-refractivity contribution < 1.29 is 0 Å². The summed E-state index contributed by atoms with van der Waals surface area (Å²) in [6.45, 7) is 5.72. The molecule has 0 fully saturated rings. The number of fused-ring (bicyclic) bond motifs is 1. The van der Waals surface area contributed by atoms with Crippen LogP contribution >= 0.6 is 22.9 Å². The number of benzene rings is 1. The second kappa shape index (κ2) is 5.56. The standard InChI is InChI=1S/C15H16ClN3S/c1-10-9-20-15-18-11(2)14(19(10)15)8-17-7-12-5-3-4-6-13(12)16/h3-6,9,17H,7-8H2,1-2H3. The van der Waals surface area contributed by atoms with Crippen LogP contribution < -0.4 is 5.32 Å². The lowest BCUT2D eigenvalue weighted by Gasteiger charge is -2.07. The molecule has 0 bridgehead atoms. The minimum absolute atomic E-state index is 0.759. The Bertz CT molecular complexity index is 745. The van der Waals surface area contributed by atoms with Crippen molar-refractivity contribution in [2.24, 2.45) is 0 Å². The Morgan fingerprint density at radius 3 is 2.85 bits per heavy atom. The van der Waals surface area contributed by atoms with Crippen LogP contribution in [0.2, 0.25) is 5.02 Å². The zero-order valence-corrected chi connectivity index (χ0v) is 13.1. The molecule has 0 atom stereocenters. The molecule has 0 aliphatic heterocycles. The highest BCUT2D eigenvalue weighted by atomic mass is 35.5. The van der Waals surface area contributed by atoms with Gasteiger partial charge >= 0.3 is 0 Å². The van der Waals surface area contributed by atoms with Crippen LogP contribution in [-0.2, 0) is 13.1 Å². The molecule has 0 aliphatic rings. The summed E-state index contributed by atoms with van der Waals surface area (Å²) in [5, 5.41) is 6.40. The maximum atomic E-state index is 6.16. The fourth-order valence-electron chi connectivity index (χ4n) is 2.33. The number of hydrogen-bond donors (Lipinski definition) is 1. The number of hydrogen-bond acceptors (Lipinski definition) is 3. The molecule has 0 amide bonds. The molecule has 1 aromatic carbocycles. The van der Waals surface area contributed by atoms with Gasteiger partial charge in [-0.2, -0.15) is 0 Å². The summed E-state index contributed by atoms with van der Waals surface area (Å²) in [5.74, 6) is 0. The molecule has 0 saturated carbocycles. The molecular weight excluding hydrogens is 290 g/mol. The number of nitrogens with zero attached hydrogens (tertiary/aromatic N) is 2. The van der Waals surface area contributed by atoms with E-state index in [0.717, 1.165) is 34.3 Å². The fraction of sp³-hybridized carbons (Fsp3) is 0.267. The Morgan fingerprint density at radius 1 is 1.25 bits per heavy atom. The molecule has 0 spiro atoms. The van der Waals surface area contributed by atoms with E-state index in [0.29, 0.717) is 0 Å². The van der Waals surface area contributed by atoms with E-state index in [-0.39, 0.29) is 0 Å². The Morgan fingerprint density at radius 2 is 2.05 bits per heavy atom. The molecule has 0 radical (unpaired) electrons. The van der Waals surface area contributed by atoms with Gasteiger partial charge in [-0.15, -0.1) is 11.3 Å². The van der Waals surface area contributed by atoms with Crippen LogP contribution in [0.3, 0.4) is 0 Å². The molecule has 3 nitrogen and oxygen atoms in total. The van der Waals surface area contributed by atoms with Crippen LogP contribution in [0.25, 0.3) is 4.96 Å². The van der Waals surface area contributed by atoms with Crippen molar-refractivity contribution in [3.05, 3.63) is 57.3 Å². The van der Waals surface area contributed by atoms with Crippen LogP contribution in [-0.4, -0.2) is 9.38 Å². The monoisotopic (exact) mass is 305 g/mol. The molecule has 20 heavy (non-hydrogen) atoms. The van der Waals surface area contributed by atoms with Gasteiger partial charge < -0.3 is 5.32 Å². The summed E-state index contributed by atoms with van der Waals surface area (Å²) in [7, 11) is 0. The first kappa shape index (κ1) is 13.6. The van der Waals surface area contributed by atoms with Crippen LogP contribution in [0.15, 0.2) is 29.6 Å². The maximum Gasteiger partial charge on any atom is 0.194 e. The van der Waals surface area contributed by atoms with Gasteiger partial charge in [0.05, 0.1) is 11.4 Å². The topological polar surface area (TPSA) is 29.3 Å². The third-order valence-corrected chi connectivity index (χ3v) is 4.71. The predicted molar refractivity (Wildman–Crippen MR) is 84.5 cm³/mol. The first-order chi connectivity index (χ1) is 9.66. The first-order valence-electron chi connectivity index (χ1n) is 6.53. The largest absolute Gasteiger partial charge is 0.307 e. The van der Waals surface area contributed by atoms with Gasteiger partial charge in [0.2, 0.25) is 0 Å². The zero-order chi connectivity index (χ0) is 14.1. The van der Waals surface area contributed by atoms with E-state index in [1.54, 1.807) is 11.3 Å². The van der Waals surface area contributed by atoms with E-state index < -0.39 is 0 Å². The third kappa shape index (κ3) is 2.46. The molecule has 0 unspecified atom stereocenters. The van der Waals surface area contributed by atoms with Gasteiger partial charge in [-0.1, -0.05) is 29.8 Å². The molecule has 0 saturated heterocycles. The highest BCUT2D eigenvalue weighted by molar-refractivity contribution is 7.15. The number of halogens is 1. The lowest BCUT2D eigenvalue weighted by Crippen LogP contribution is -2.15. The molecule has 104 valence electrons. The van der Waals surface area contributed by atoms with E-state index in [1.807, 2.05) is 24.3 Å². The van der Waals surface area contributed by atoms with E-state index in [2.05, 4.69) is 33.9 Å². The number of aryl methyl sites for hydroxylation is 2. The van der Waals surface area contributed by atoms with Gasteiger partial charge in [0, 0.05) is 29.2 Å². The quantitative estimate of drug-likeness (QED) is 0.790. The number of imidazole rings is 1. The number of rotatable bonds is 4. The Kier molecular flexibility index (Phi) is 3.78. The fourth-order valence-corrected chi connectivity index (χ4v) is 3.47. The Balaban J connectivity index is 1.76. The van der Waals surface area contributed by atoms with Crippen LogP contribution in [0.4, 0.5) is 0 Å². The van der Waals surface area contributed by atoms with Gasteiger partial charge in [0.1, 0.15) is 0 Å². The van der Waals surface area contributed by atoms with Crippen LogP contribution in [0.5, 0.6) is 0 Å². The van der Waals surface area contributed by atoms with Crippen molar-refractivity contribution in [2.75, 3.05) is 0 Å². The van der Waals surface area contributed by atoms with E-state index >= 15 is 0 Å². The smallest absolute Gasteiger partial charge is 0.194 e. The summed E-state index contributed by atoms with van der Waals surface area (Å²) < 4.78 is 2.22. The summed E-state index contributed by atoms with van der Waals surface area (Å²) in [6, 6.07) is 7.92. The minimum Gasteiger partial charge on any atom is -0.307 e. The second-order valence-electron chi connectivity index (χ2n) is 4.83. The summed E-state index contributed by atoms with van der Waals surface area (Å²) in [6.07, 6.45) is 0. The average Bonchev–Trinajstić information content (AvgIpc) is 2.93. The lowest BCUT2D eigenvalue weighted by molar-refractivity contribution is 0.671. The highest BCUT2D eigenvalue weighted by Crippen LogP contribution is 2.20. The Hall–Kier alpha value is -1.36. The minimum atomic E-state index is 0.759. The summed E-state index contributed by atoms with van der Waals surface area (Å²) >= 11 is 7.85. The summed E-state index contributed by atoms with van der Waals surface area (Å²) in [4.78, 5) is 5.66. The highest BCUT2D eigenvalue weighted by Gasteiger charge is 2.11. The first-order valence-corrected chi connectivity index (χ1v) is 7.78. The van der Waals surface area contributed by atoms with Gasteiger partial charge in [-0.3, -0.25) is 4.40 Å². The molecular formula is C15H16ClN3S. The molecule has 2 aromatic heterocycles. The van der Waals surface area contributed by atoms with E-state index in [9.17, 15) is 0 Å². The SMILES string of the molecule is Cc1nc2scc(C)n2c1CNCc1ccccc1Cl. The van der Waals surface area contributed by atoms with E-state index in [4.69, 9.17) is 11.6 Å². The molecule has 3 rings (SSSR count). The van der Waals surface area contributed by atoms with Gasteiger partial charge in [0.25, 0.3) is 0 Å². The molecule has 1 N–H and O–H groups in total. The normalized spacial score (nSPS) is 11.3. The average molecular weight is 306 g/mol. The van der Waals surface area contributed by atoms with E-state index in [1.165, 1.54) is 11.4 Å². The molecule has 0 aliphatic carbocycles. The summed E-state index contributed by atoms with van der Waals surface area (Å²) in [5.41, 5.74) is 4.67. The lowest BCUT2D eigenvalue weighted by atomic mass is 10.2. The second-order valence-corrected chi connectivity index (χ2v) is 6.08. The number of nitrogens with one attached hydrogen (secondary N) is 1. The van der Waals surface area contributed by atoms with Crippen LogP contribution in [0, 0.1) is 13.8 Å².